The van der Waals surface area contributed by atoms with E-state index < -0.39 is 0 Å². The lowest BCUT2D eigenvalue weighted by atomic mass is 10.1. The zero-order chi connectivity index (χ0) is 12.9. The fourth-order valence-corrected chi connectivity index (χ4v) is 2.23. The number of nitrogens with one attached hydrogen (secondary N) is 2. The maximum absolute atomic E-state index is 4.23. The van der Waals surface area contributed by atoms with Gasteiger partial charge in [-0.05, 0) is 49.7 Å². The Balaban J connectivity index is 1.62. The van der Waals surface area contributed by atoms with E-state index in [2.05, 4.69) is 25.8 Å². The molecule has 1 aliphatic heterocycles. The third-order valence-corrected chi connectivity index (χ3v) is 3.36. The van der Waals surface area contributed by atoms with Gasteiger partial charge in [-0.2, -0.15) is 0 Å². The van der Waals surface area contributed by atoms with Crippen molar-refractivity contribution < 1.29 is 0 Å². The minimum Gasteiger partial charge on any atom is -0.368 e. The van der Waals surface area contributed by atoms with Gasteiger partial charge >= 0.3 is 0 Å². The van der Waals surface area contributed by atoms with Crippen molar-refractivity contribution in [2.45, 2.75) is 6.42 Å². The third-order valence-electron chi connectivity index (χ3n) is 3.36. The smallest absolute Gasteiger partial charge is 0.148 e. The van der Waals surface area contributed by atoms with Gasteiger partial charge in [-0.3, -0.25) is 4.98 Å². The number of nitrogens with zero attached hydrogens (tertiary/aromatic N) is 3. The minimum atomic E-state index is 0.694. The maximum atomic E-state index is 4.23. The second-order valence-corrected chi connectivity index (χ2v) is 4.79. The molecule has 5 nitrogen and oxygen atoms in total. The highest BCUT2D eigenvalue weighted by Crippen LogP contribution is 2.15. The predicted molar refractivity (Wildman–Crippen MR) is 74.7 cm³/mol. The molecule has 1 fully saturated rings. The van der Waals surface area contributed by atoms with E-state index in [9.17, 15) is 0 Å². The quantitative estimate of drug-likeness (QED) is 0.868. The number of hydrogen-bond acceptors (Lipinski definition) is 5. The van der Waals surface area contributed by atoms with Crippen molar-refractivity contribution in [1.29, 1.82) is 0 Å². The molecule has 1 atom stereocenters. The van der Waals surface area contributed by atoms with Crippen molar-refractivity contribution in [1.82, 2.24) is 20.5 Å². The van der Waals surface area contributed by atoms with Gasteiger partial charge in [-0.1, -0.05) is 0 Å². The molecule has 0 saturated carbocycles. The van der Waals surface area contributed by atoms with Crippen LogP contribution in [0.1, 0.15) is 6.42 Å². The molecule has 1 unspecified atom stereocenters. The molecule has 2 aromatic heterocycles. The van der Waals surface area contributed by atoms with Crippen LogP contribution in [0, 0.1) is 5.92 Å². The Morgan fingerprint density at radius 2 is 2.26 bits per heavy atom. The molecule has 0 aromatic carbocycles. The lowest BCUT2D eigenvalue weighted by Gasteiger charge is -2.10. The maximum Gasteiger partial charge on any atom is 0.148 e. The zero-order valence-corrected chi connectivity index (χ0v) is 10.7. The first kappa shape index (κ1) is 12.0. The summed E-state index contributed by atoms with van der Waals surface area (Å²) in [5, 5.41) is 15.1. The molecule has 3 heterocycles. The van der Waals surface area contributed by atoms with Crippen LogP contribution in [0.15, 0.2) is 36.7 Å². The van der Waals surface area contributed by atoms with E-state index in [1.165, 1.54) is 6.42 Å². The van der Waals surface area contributed by atoms with Crippen LogP contribution >= 0.6 is 0 Å². The summed E-state index contributed by atoms with van der Waals surface area (Å²) in [5.41, 5.74) is 1.84. The van der Waals surface area contributed by atoms with Crippen LogP contribution < -0.4 is 10.6 Å². The lowest BCUT2D eigenvalue weighted by molar-refractivity contribution is 0.613. The number of rotatable bonds is 4. The number of hydrogen-bond donors (Lipinski definition) is 2. The minimum absolute atomic E-state index is 0.694. The Kier molecular flexibility index (Phi) is 3.65. The fraction of sp³-hybridized carbons (Fsp3) is 0.357. The average Bonchev–Trinajstić information content (AvgIpc) is 3.00. The van der Waals surface area contributed by atoms with Crippen LogP contribution in [0.5, 0.6) is 0 Å². The largest absolute Gasteiger partial charge is 0.368 e. The Morgan fingerprint density at radius 1 is 1.26 bits per heavy atom. The van der Waals surface area contributed by atoms with Gasteiger partial charge in [0.15, 0.2) is 0 Å². The average molecular weight is 255 g/mol. The van der Waals surface area contributed by atoms with Crippen molar-refractivity contribution >= 4 is 5.82 Å². The van der Waals surface area contributed by atoms with E-state index in [-0.39, 0.29) is 0 Å². The molecule has 98 valence electrons. The molecule has 2 aromatic rings. The Hall–Kier alpha value is -2.01. The van der Waals surface area contributed by atoms with Crippen LogP contribution in [0.3, 0.4) is 0 Å². The van der Waals surface area contributed by atoms with E-state index in [1.807, 2.05) is 24.3 Å². The first-order valence-corrected chi connectivity index (χ1v) is 6.60. The summed E-state index contributed by atoms with van der Waals surface area (Å²) < 4.78 is 0. The first-order chi connectivity index (χ1) is 9.42. The molecule has 0 amide bonds. The topological polar surface area (TPSA) is 62.7 Å². The predicted octanol–water partition coefficient (Wildman–Crippen LogP) is 1.56. The molecule has 0 bridgehead atoms. The molecule has 19 heavy (non-hydrogen) atoms. The second-order valence-electron chi connectivity index (χ2n) is 4.79. The molecule has 0 spiro atoms. The van der Waals surface area contributed by atoms with Gasteiger partial charge in [0.25, 0.3) is 0 Å². The van der Waals surface area contributed by atoms with Gasteiger partial charge in [0.05, 0.1) is 5.69 Å². The summed E-state index contributed by atoms with van der Waals surface area (Å²) in [5.74, 6) is 1.53. The summed E-state index contributed by atoms with van der Waals surface area (Å²) in [6, 6.07) is 7.82. The molecule has 5 heteroatoms. The highest BCUT2D eigenvalue weighted by atomic mass is 15.2. The molecule has 1 saturated heterocycles. The highest BCUT2D eigenvalue weighted by molar-refractivity contribution is 5.57. The number of anilines is 1. The first-order valence-electron chi connectivity index (χ1n) is 6.60. The highest BCUT2D eigenvalue weighted by Gasteiger charge is 2.13. The molecule has 0 radical (unpaired) electrons. The van der Waals surface area contributed by atoms with Gasteiger partial charge in [0.1, 0.15) is 5.82 Å². The Bertz CT molecular complexity index is 505. The number of pyridine rings is 1. The normalized spacial score (nSPS) is 18.4. The molecule has 2 N–H and O–H groups in total. The van der Waals surface area contributed by atoms with E-state index in [4.69, 9.17) is 0 Å². The third kappa shape index (κ3) is 3.06. The van der Waals surface area contributed by atoms with Crippen molar-refractivity contribution in [3.63, 3.8) is 0 Å². The van der Waals surface area contributed by atoms with Gasteiger partial charge in [0.2, 0.25) is 0 Å². The van der Waals surface area contributed by atoms with E-state index in [1.54, 1.807) is 12.4 Å². The summed E-state index contributed by atoms with van der Waals surface area (Å²) in [7, 11) is 0. The molecular formula is C14H17N5. The lowest BCUT2D eigenvalue weighted by Crippen LogP contribution is -2.17. The second kappa shape index (κ2) is 5.75. The van der Waals surface area contributed by atoms with Crippen molar-refractivity contribution in [3.8, 4) is 11.3 Å². The van der Waals surface area contributed by atoms with Crippen LogP contribution in [-0.2, 0) is 0 Å². The Labute approximate surface area is 112 Å². The van der Waals surface area contributed by atoms with Gasteiger partial charge in [-0.25, -0.2) is 0 Å². The standard InChI is InChI=1S/C14H17N5/c1-2-12(10-15-6-1)13-3-4-14(19-18-13)17-9-11-5-7-16-8-11/h1-4,6,10-11,16H,5,7-9H2,(H,17,19). The SMILES string of the molecule is c1cncc(-c2ccc(NCC3CCNC3)nn2)c1. The van der Waals surface area contributed by atoms with Gasteiger partial charge in [0, 0.05) is 24.5 Å². The van der Waals surface area contributed by atoms with Crippen LogP contribution in [0.4, 0.5) is 5.82 Å². The molecular weight excluding hydrogens is 238 g/mol. The van der Waals surface area contributed by atoms with Gasteiger partial charge < -0.3 is 10.6 Å². The van der Waals surface area contributed by atoms with E-state index in [0.717, 1.165) is 36.7 Å². The van der Waals surface area contributed by atoms with Crippen molar-refractivity contribution in [2.24, 2.45) is 5.92 Å². The van der Waals surface area contributed by atoms with Gasteiger partial charge in [-0.15, -0.1) is 10.2 Å². The fourth-order valence-electron chi connectivity index (χ4n) is 2.23. The van der Waals surface area contributed by atoms with Crippen molar-refractivity contribution in [3.05, 3.63) is 36.7 Å². The molecule has 0 aliphatic carbocycles. The van der Waals surface area contributed by atoms with Crippen LogP contribution in [0.25, 0.3) is 11.3 Å². The monoisotopic (exact) mass is 255 g/mol. The zero-order valence-electron chi connectivity index (χ0n) is 10.7. The van der Waals surface area contributed by atoms with E-state index in [0.29, 0.717) is 5.92 Å². The molecule has 3 rings (SSSR count). The summed E-state index contributed by atoms with van der Waals surface area (Å²) >= 11 is 0. The summed E-state index contributed by atoms with van der Waals surface area (Å²) in [6.45, 7) is 3.17. The van der Waals surface area contributed by atoms with Crippen molar-refractivity contribution in [2.75, 3.05) is 25.0 Å². The summed E-state index contributed by atoms with van der Waals surface area (Å²) in [4.78, 5) is 4.08. The van der Waals surface area contributed by atoms with Crippen LogP contribution in [-0.4, -0.2) is 34.8 Å². The Morgan fingerprint density at radius 3 is 2.95 bits per heavy atom. The van der Waals surface area contributed by atoms with Crippen LogP contribution in [0.2, 0.25) is 0 Å². The van der Waals surface area contributed by atoms with E-state index >= 15 is 0 Å². The summed E-state index contributed by atoms with van der Waals surface area (Å²) in [6.07, 6.45) is 4.78. The number of aromatic nitrogens is 3. The molecule has 1 aliphatic rings.